The van der Waals surface area contributed by atoms with E-state index in [4.69, 9.17) is 15.2 Å². The number of nitrogens with two attached hydrogens (primary N) is 1. The third-order valence-electron chi connectivity index (χ3n) is 6.16. The van der Waals surface area contributed by atoms with Gasteiger partial charge in [-0.3, -0.25) is 14.5 Å². The Labute approximate surface area is 183 Å². The van der Waals surface area contributed by atoms with Crippen molar-refractivity contribution in [3.63, 3.8) is 0 Å². The SMILES string of the molecule is CCCC(=O)Oc1ccc2c(c1OC(=O)CCCN)-c1cccc3c1C(C2)N(C)CC3. The number of likely N-dealkylation sites (N-methyl/N-ethyl adjacent to an activating group) is 1. The molecular weight excluding hydrogens is 392 g/mol. The van der Waals surface area contributed by atoms with Gasteiger partial charge in [0.1, 0.15) is 0 Å². The van der Waals surface area contributed by atoms with Crippen molar-refractivity contribution in [2.24, 2.45) is 5.73 Å². The smallest absolute Gasteiger partial charge is 0.311 e. The normalized spacial score (nSPS) is 16.9. The van der Waals surface area contributed by atoms with Gasteiger partial charge in [-0.05, 0) is 67.6 Å². The lowest BCUT2D eigenvalue weighted by molar-refractivity contribution is -0.137. The summed E-state index contributed by atoms with van der Waals surface area (Å²) < 4.78 is 11.5. The Morgan fingerprint density at radius 3 is 2.68 bits per heavy atom. The van der Waals surface area contributed by atoms with Crippen LogP contribution in [-0.2, 0) is 22.4 Å². The van der Waals surface area contributed by atoms with E-state index in [1.165, 1.54) is 11.1 Å². The molecule has 0 spiro atoms. The molecule has 0 radical (unpaired) electrons. The summed E-state index contributed by atoms with van der Waals surface area (Å²) in [5, 5.41) is 0. The van der Waals surface area contributed by atoms with Crippen LogP contribution in [0.25, 0.3) is 11.1 Å². The average Bonchev–Trinajstić information content (AvgIpc) is 2.76. The molecule has 0 aromatic heterocycles. The zero-order valence-corrected chi connectivity index (χ0v) is 18.3. The summed E-state index contributed by atoms with van der Waals surface area (Å²) in [5.74, 6) is -0.0385. The van der Waals surface area contributed by atoms with Gasteiger partial charge in [0.2, 0.25) is 0 Å². The summed E-state index contributed by atoms with van der Waals surface area (Å²) >= 11 is 0. The Bertz CT molecular complexity index is 1000. The fourth-order valence-corrected chi connectivity index (χ4v) is 4.62. The van der Waals surface area contributed by atoms with Crippen LogP contribution < -0.4 is 15.2 Å². The van der Waals surface area contributed by atoms with Crippen LogP contribution in [0.1, 0.15) is 55.3 Å². The lowest BCUT2D eigenvalue weighted by Crippen LogP contribution is -2.35. The highest BCUT2D eigenvalue weighted by Gasteiger charge is 2.35. The van der Waals surface area contributed by atoms with Gasteiger partial charge >= 0.3 is 11.9 Å². The average molecular weight is 423 g/mol. The van der Waals surface area contributed by atoms with Gasteiger partial charge in [-0.25, -0.2) is 0 Å². The highest BCUT2D eigenvalue weighted by atomic mass is 16.6. The quantitative estimate of drug-likeness (QED) is 0.540. The summed E-state index contributed by atoms with van der Waals surface area (Å²) in [6, 6.07) is 10.4. The van der Waals surface area contributed by atoms with Crippen molar-refractivity contribution < 1.29 is 19.1 Å². The number of hydrogen-bond acceptors (Lipinski definition) is 6. The molecule has 2 N–H and O–H groups in total. The van der Waals surface area contributed by atoms with E-state index in [0.29, 0.717) is 43.3 Å². The topological polar surface area (TPSA) is 81.9 Å². The van der Waals surface area contributed by atoms with Crippen LogP contribution >= 0.6 is 0 Å². The van der Waals surface area contributed by atoms with Gasteiger partial charge in [0.15, 0.2) is 11.5 Å². The van der Waals surface area contributed by atoms with Gasteiger partial charge in [-0.2, -0.15) is 0 Å². The first-order valence-corrected chi connectivity index (χ1v) is 11.1. The maximum absolute atomic E-state index is 12.6. The molecule has 2 aromatic carbocycles. The molecule has 1 unspecified atom stereocenters. The molecule has 0 saturated heterocycles. The van der Waals surface area contributed by atoms with Crippen LogP contribution in [-0.4, -0.2) is 37.0 Å². The molecule has 1 aliphatic carbocycles. The predicted molar refractivity (Wildman–Crippen MR) is 119 cm³/mol. The van der Waals surface area contributed by atoms with Crippen molar-refractivity contribution in [2.75, 3.05) is 20.1 Å². The van der Waals surface area contributed by atoms with E-state index in [1.807, 2.05) is 13.0 Å². The van der Waals surface area contributed by atoms with Gasteiger partial charge < -0.3 is 15.2 Å². The first kappa shape index (κ1) is 21.5. The summed E-state index contributed by atoms with van der Waals surface area (Å²) in [4.78, 5) is 27.2. The monoisotopic (exact) mass is 422 g/mol. The molecule has 6 heteroatoms. The van der Waals surface area contributed by atoms with E-state index >= 15 is 0 Å². The molecule has 2 aromatic rings. The van der Waals surface area contributed by atoms with Crippen LogP contribution in [0, 0.1) is 0 Å². The number of carbonyl (C=O) groups is 2. The number of carbonyl (C=O) groups excluding carboxylic acids is 2. The summed E-state index contributed by atoms with van der Waals surface area (Å²) in [5.41, 5.74) is 11.2. The van der Waals surface area contributed by atoms with Crippen molar-refractivity contribution in [1.82, 2.24) is 4.90 Å². The molecule has 0 fully saturated rings. The lowest BCUT2D eigenvalue weighted by Gasteiger charge is -2.40. The predicted octanol–water partition coefficient (Wildman–Crippen LogP) is 3.79. The summed E-state index contributed by atoms with van der Waals surface area (Å²) in [6.07, 6.45) is 3.59. The van der Waals surface area contributed by atoms with Gasteiger partial charge in [0.05, 0.1) is 0 Å². The van der Waals surface area contributed by atoms with Crippen LogP contribution in [0.5, 0.6) is 11.5 Å². The van der Waals surface area contributed by atoms with Crippen LogP contribution in [0.3, 0.4) is 0 Å². The van der Waals surface area contributed by atoms with Crippen LogP contribution in [0.2, 0.25) is 0 Å². The minimum absolute atomic E-state index is 0.223. The third-order valence-corrected chi connectivity index (χ3v) is 6.16. The van der Waals surface area contributed by atoms with E-state index in [0.717, 1.165) is 36.1 Å². The minimum Gasteiger partial charge on any atom is -0.422 e. The Balaban J connectivity index is 1.83. The van der Waals surface area contributed by atoms with Crippen LogP contribution in [0.15, 0.2) is 30.3 Å². The molecule has 164 valence electrons. The standard InChI is InChI=1S/C25H30N2O4/c1-3-6-21(28)30-20-11-10-17-15-19-23-16(12-14-27(19)2)7-4-8-18(23)24(17)25(20)31-22(29)9-5-13-26/h4,7-8,10-11,19H,3,5-6,9,12-15,26H2,1-2H3. The molecule has 0 bridgehead atoms. The van der Waals surface area contributed by atoms with Gasteiger partial charge in [0.25, 0.3) is 0 Å². The molecule has 6 nitrogen and oxygen atoms in total. The third kappa shape index (κ3) is 4.23. The van der Waals surface area contributed by atoms with Crippen molar-refractivity contribution in [3.05, 3.63) is 47.0 Å². The molecule has 1 heterocycles. The molecule has 31 heavy (non-hydrogen) atoms. The molecule has 1 atom stereocenters. The second kappa shape index (κ2) is 9.20. The molecule has 4 rings (SSSR count). The van der Waals surface area contributed by atoms with E-state index in [1.54, 1.807) is 6.07 Å². The number of esters is 2. The second-order valence-corrected chi connectivity index (χ2v) is 8.35. The van der Waals surface area contributed by atoms with Gasteiger partial charge in [-0.15, -0.1) is 0 Å². The first-order valence-electron chi connectivity index (χ1n) is 11.1. The maximum Gasteiger partial charge on any atom is 0.311 e. The van der Waals surface area contributed by atoms with Crippen molar-refractivity contribution in [1.29, 1.82) is 0 Å². The Morgan fingerprint density at radius 2 is 1.90 bits per heavy atom. The fraction of sp³-hybridized carbons (Fsp3) is 0.440. The van der Waals surface area contributed by atoms with Crippen molar-refractivity contribution >= 4 is 11.9 Å². The minimum atomic E-state index is -0.365. The van der Waals surface area contributed by atoms with E-state index in [-0.39, 0.29) is 18.4 Å². The molecular formula is C25H30N2O4. The number of hydrogen-bond donors (Lipinski definition) is 1. The summed E-state index contributed by atoms with van der Waals surface area (Å²) in [7, 11) is 2.16. The lowest BCUT2D eigenvalue weighted by atomic mass is 9.77. The molecule has 1 aliphatic heterocycles. The number of benzene rings is 2. The van der Waals surface area contributed by atoms with Crippen LogP contribution in [0.4, 0.5) is 0 Å². The Hall–Kier alpha value is -2.70. The number of ether oxygens (including phenoxy) is 2. The molecule has 2 aliphatic rings. The number of rotatable bonds is 7. The second-order valence-electron chi connectivity index (χ2n) is 8.35. The van der Waals surface area contributed by atoms with E-state index in [9.17, 15) is 9.59 Å². The van der Waals surface area contributed by atoms with E-state index in [2.05, 4.69) is 30.1 Å². The van der Waals surface area contributed by atoms with E-state index < -0.39 is 0 Å². The molecule has 0 saturated carbocycles. The van der Waals surface area contributed by atoms with Crippen molar-refractivity contribution in [3.8, 4) is 22.6 Å². The highest BCUT2D eigenvalue weighted by Crippen LogP contribution is 2.50. The van der Waals surface area contributed by atoms with Gasteiger partial charge in [-0.1, -0.05) is 31.2 Å². The Kier molecular flexibility index (Phi) is 6.39. The largest absolute Gasteiger partial charge is 0.422 e. The van der Waals surface area contributed by atoms with Crippen molar-refractivity contribution in [2.45, 2.75) is 51.5 Å². The Morgan fingerprint density at radius 1 is 1.10 bits per heavy atom. The highest BCUT2D eigenvalue weighted by molar-refractivity contribution is 5.87. The first-order chi connectivity index (χ1) is 15.0. The number of fused-ring (bicyclic) bond motifs is 2. The number of nitrogens with zero attached hydrogens (tertiary/aromatic N) is 1. The fourth-order valence-electron chi connectivity index (χ4n) is 4.62. The van der Waals surface area contributed by atoms with Gasteiger partial charge in [0, 0.05) is 31.0 Å². The summed E-state index contributed by atoms with van der Waals surface area (Å²) in [6.45, 7) is 3.36. The molecule has 0 amide bonds. The zero-order valence-electron chi connectivity index (χ0n) is 18.3. The maximum atomic E-state index is 12.6. The zero-order chi connectivity index (χ0) is 22.0.